The summed E-state index contributed by atoms with van der Waals surface area (Å²) in [6, 6.07) is 7.42. The Bertz CT molecular complexity index is 863. The van der Waals surface area contributed by atoms with E-state index in [0.29, 0.717) is 36.3 Å². The van der Waals surface area contributed by atoms with Crippen molar-refractivity contribution in [3.63, 3.8) is 0 Å². The lowest BCUT2D eigenvalue weighted by molar-refractivity contribution is -0.126. The predicted molar refractivity (Wildman–Crippen MR) is 99.4 cm³/mol. The topological polar surface area (TPSA) is 102 Å². The predicted octanol–water partition coefficient (Wildman–Crippen LogP) is 0.920. The normalized spacial score (nSPS) is 19.3. The van der Waals surface area contributed by atoms with Crippen molar-refractivity contribution in [3.8, 4) is 5.75 Å². The lowest BCUT2D eigenvalue weighted by atomic mass is 9.96. The zero-order valence-corrected chi connectivity index (χ0v) is 15.9. The van der Waals surface area contributed by atoms with E-state index in [1.807, 2.05) is 0 Å². The molecule has 2 aliphatic rings. The number of tetrazole rings is 1. The first-order valence-electron chi connectivity index (χ1n) is 9.64. The Labute approximate surface area is 163 Å². The summed E-state index contributed by atoms with van der Waals surface area (Å²) < 4.78 is 7.26. The second kappa shape index (κ2) is 7.95. The number of ether oxygens (including phenoxy) is 1. The molecule has 1 aromatic carbocycles. The molecule has 1 atom stereocenters. The van der Waals surface area contributed by atoms with E-state index in [4.69, 9.17) is 4.74 Å². The molecule has 1 unspecified atom stereocenters. The highest BCUT2D eigenvalue weighted by Crippen LogP contribution is 2.24. The number of nitrogens with one attached hydrogen (secondary N) is 1. The number of aromatic nitrogens is 4. The van der Waals surface area contributed by atoms with Gasteiger partial charge in [0.2, 0.25) is 5.91 Å². The van der Waals surface area contributed by atoms with E-state index >= 15 is 0 Å². The maximum atomic E-state index is 12.9. The van der Waals surface area contributed by atoms with Crippen LogP contribution in [0.25, 0.3) is 0 Å². The summed E-state index contributed by atoms with van der Waals surface area (Å²) in [6.45, 7) is 1.35. The van der Waals surface area contributed by atoms with E-state index in [2.05, 4.69) is 20.8 Å². The number of benzene rings is 1. The summed E-state index contributed by atoms with van der Waals surface area (Å²) in [5.41, 5.74) is 0.553. The van der Waals surface area contributed by atoms with Gasteiger partial charge in [0.15, 0.2) is 5.82 Å². The SMILES string of the molecule is Cn1nnnc1COc1cccc(C(=O)N2CCCC(C(=O)NC3CC3)C2)c1. The Morgan fingerprint density at radius 2 is 2.14 bits per heavy atom. The molecule has 1 saturated heterocycles. The molecule has 1 aliphatic carbocycles. The van der Waals surface area contributed by atoms with Crippen LogP contribution in [-0.4, -0.2) is 56.1 Å². The number of aryl methyl sites for hydroxylation is 1. The van der Waals surface area contributed by atoms with E-state index in [9.17, 15) is 9.59 Å². The monoisotopic (exact) mass is 384 g/mol. The van der Waals surface area contributed by atoms with Gasteiger partial charge in [0.25, 0.3) is 5.91 Å². The quantitative estimate of drug-likeness (QED) is 0.795. The minimum Gasteiger partial charge on any atom is -0.486 e. The summed E-state index contributed by atoms with van der Waals surface area (Å²) >= 11 is 0. The molecule has 148 valence electrons. The van der Waals surface area contributed by atoms with Crippen LogP contribution in [0.1, 0.15) is 41.9 Å². The molecule has 9 heteroatoms. The fourth-order valence-electron chi connectivity index (χ4n) is 3.34. The smallest absolute Gasteiger partial charge is 0.254 e. The van der Waals surface area contributed by atoms with Crippen LogP contribution in [0.5, 0.6) is 5.75 Å². The van der Waals surface area contributed by atoms with Crippen LogP contribution in [0.2, 0.25) is 0 Å². The summed E-state index contributed by atoms with van der Waals surface area (Å²) in [7, 11) is 1.74. The second-order valence-electron chi connectivity index (χ2n) is 7.41. The first-order valence-corrected chi connectivity index (χ1v) is 9.64. The number of carbonyl (C=O) groups excluding carboxylic acids is 2. The van der Waals surface area contributed by atoms with Crippen molar-refractivity contribution in [2.24, 2.45) is 13.0 Å². The molecular weight excluding hydrogens is 360 g/mol. The van der Waals surface area contributed by atoms with Crippen LogP contribution in [0.4, 0.5) is 0 Å². The number of likely N-dealkylation sites (tertiary alicyclic amines) is 1. The van der Waals surface area contributed by atoms with E-state index in [1.165, 1.54) is 4.68 Å². The number of hydrogen-bond acceptors (Lipinski definition) is 6. The van der Waals surface area contributed by atoms with Gasteiger partial charge in [0.05, 0.1) is 5.92 Å². The van der Waals surface area contributed by atoms with Gasteiger partial charge in [-0.15, -0.1) is 5.10 Å². The molecule has 4 rings (SSSR count). The van der Waals surface area contributed by atoms with Gasteiger partial charge in [-0.1, -0.05) is 6.07 Å². The van der Waals surface area contributed by atoms with Gasteiger partial charge in [-0.25, -0.2) is 4.68 Å². The maximum absolute atomic E-state index is 12.9. The zero-order valence-electron chi connectivity index (χ0n) is 15.9. The highest BCUT2D eigenvalue weighted by Gasteiger charge is 2.32. The lowest BCUT2D eigenvalue weighted by Gasteiger charge is -2.32. The Kier molecular flexibility index (Phi) is 5.23. The van der Waals surface area contributed by atoms with Crippen LogP contribution in [0.15, 0.2) is 24.3 Å². The van der Waals surface area contributed by atoms with Gasteiger partial charge in [-0.05, 0) is 54.3 Å². The van der Waals surface area contributed by atoms with Crippen LogP contribution in [-0.2, 0) is 18.4 Å². The minimum absolute atomic E-state index is 0.0744. The number of hydrogen-bond donors (Lipinski definition) is 1. The average molecular weight is 384 g/mol. The van der Waals surface area contributed by atoms with Crippen molar-refractivity contribution >= 4 is 11.8 Å². The molecule has 0 radical (unpaired) electrons. The molecule has 0 spiro atoms. The van der Waals surface area contributed by atoms with E-state index in [1.54, 1.807) is 36.2 Å². The Morgan fingerprint density at radius 1 is 1.29 bits per heavy atom. The maximum Gasteiger partial charge on any atom is 0.254 e. The second-order valence-corrected chi connectivity index (χ2v) is 7.41. The molecule has 2 aromatic rings. The van der Waals surface area contributed by atoms with Crippen molar-refractivity contribution in [2.45, 2.75) is 38.3 Å². The van der Waals surface area contributed by atoms with Gasteiger partial charge >= 0.3 is 0 Å². The third-order valence-corrected chi connectivity index (χ3v) is 5.16. The van der Waals surface area contributed by atoms with Gasteiger partial charge in [0, 0.05) is 31.7 Å². The van der Waals surface area contributed by atoms with Gasteiger partial charge in [-0.3, -0.25) is 9.59 Å². The lowest BCUT2D eigenvalue weighted by Crippen LogP contribution is -2.45. The minimum atomic E-state index is -0.124. The summed E-state index contributed by atoms with van der Waals surface area (Å²) in [5, 5.41) is 14.3. The summed E-state index contributed by atoms with van der Waals surface area (Å²) in [5.74, 6) is 1.05. The molecule has 1 saturated carbocycles. The third kappa shape index (κ3) is 4.29. The molecule has 0 bridgehead atoms. The van der Waals surface area contributed by atoms with Crippen molar-refractivity contribution < 1.29 is 14.3 Å². The van der Waals surface area contributed by atoms with Crippen LogP contribution < -0.4 is 10.1 Å². The molecule has 1 aliphatic heterocycles. The van der Waals surface area contributed by atoms with Crippen molar-refractivity contribution in [3.05, 3.63) is 35.7 Å². The zero-order chi connectivity index (χ0) is 19.5. The molecule has 2 fully saturated rings. The fraction of sp³-hybridized carbons (Fsp3) is 0.526. The molecule has 2 amide bonds. The fourth-order valence-corrected chi connectivity index (χ4v) is 3.34. The van der Waals surface area contributed by atoms with Gasteiger partial charge < -0.3 is 15.0 Å². The van der Waals surface area contributed by atoms with E-state index < -0.39 is 0 Å². The average Bonchev–Trinajstić information content (AvgIpc) is 3.44. The molecule has 2 heterocycles. The number of piperidine rings is 1. The van der Waals surface area contributed by atoms with Crippen LogP contribution >= 0.6 is 0 Å². The van der Waals surface area contributed by atoms with Crippen molar-refractivity contribution in [1.29, 1.82) is 0 Å². The summed E-state index contributed by atoms with van der Waals surface area (Å²) in [4.78, 5) is 27.1. The number of amides is 2. The van der Waals surface area contributed by atoms with Gasteiger partial charge in [-0.2, -0.15) is 0 Å². The van der Waals surface area contributed by atoms with E-state index in [-0.39, 0.29) is 24.3 Å². The first kappa shape index (κ1) is 18.4. The Balaban J connectivity index is 1.38. The molecule has 1 aromatic heterocycles. The van der Waals surface area contributed by atoms with Crippen LogP contribution in [0.3, 0.4) is 0 Å². The highest BCUT2D eigenvalue weighted by atomic mass is 16.5. The highest BCUT2D eigenvalue weighted by molar-refractivity contribution is 5.95. The Hall–Kier alpha value is -2.97. The van der Waals surface area contributed by atoms with E-state index in [0.717, 1.165) is 25.7 Å². The standard InChI is InChI=1S/C19H24N6O3/c1-24-17(21-22-23-24)12-28-16-6-2-4-13(10-16)19(27)25-9-3-5-14(11-25)18(26)20-15-7-8-15/h2,4,6,10,14-15H,3,5,7-9,11-12H2,1H3,(H,20,26). The largest absolute Gasteiger partial charge is 0.486 e. The number of rotatable bonds is 6. The number of nitrogens with zero attached hydrogens (tertiary/aromatic N) is 5. The van der Waals surface area contributed by atoms with Gasteiger partial charge in [0.1, 0.15) is 12.4 Å². The molecule has 28 heavy (non-hydrogen) atoms. The molecule has 9 nitrogen and oxygen atoms in total. The van der Waals surface area contributed by atoms with Crippen molar-refractivity contribution in [1.82, 2.24) is 30.4 Å². The molecular formula is C19H24N6O3. The van der Waals surface area contributed by atoms with Crippen molar-refractivity contribution in [2.75, 3.05) is 13.1 Å². The van der Waals surface area contributed by atoms with Crippen LogP contribution in [0, 0.1) is 5.92 Å². The third-order valence-electron chi connectivity index (χ3n) is 5.16. The number of carbonyl (C=O) groups is 2. The Morgan fingerprint density at radius 3 is 2.89 bits per heavy atom. The summed E-state index contributed by atoms with van der Waals surface area (Å²) in [6.07, 6.45) is 3.80. The molecule has 1 N–H and O–H groups in total. The first-order chi connectivity index (χ1) is 13.6.